The number of carbonyl (C=O) groups excluding carboxylic acids is 1. The fourth-order valence-electron chi connectivity index (χ4n) is 1.58. The maximum atomic E-state index is 11.3. The molecule has 1 fully saturated rings. The molecule has 0 heterocycles. The average Bonchev–Trinajstić information content (AvgIpc) is 3.11. The van der Waals surface area contributed by atoms with Crippen LogP contribution in [-0.4, -0.2) is 36.1 Å². The largest absolute Gasteiger partial charge is 0.478 e. The molecule has 0 saturated heterocycles. The molecule has 0 aromatic heterocycles. The van der Waals surface area contributed by atoms with Crippen LogP contribution >= 0.6 is 0 Å². The molecule has 1 saturated carbocycles. The first-order valence-corrected chi connectivity index (χ1v) is 6.56. The molecule has 0 bridgehead atoms. The van der Waals surface area contributed by atoms with Crippen LogP contribution in [0.2, 0.25) is 0 Å². The number of aliphatic carboxylic acids is 1. The third-order valence-electron chi connectivity index (χ3n) is 2.85. The first-order chi connectivity index (χ1) is 8.63. The van der Waals surface area contributed by atoms with Crippen LogP contribution in [-0.2, 0) is 9.59 Å². The SMILES string of the molecule is CCC(=CCNCCCC(=O)NC1CC1)C(=O)O. The van der Waals surface area contributed by atoms with E-state index in [0.29, 0.717) is 31.0 Å². The number of amides is 1. The van der Waals surface area contributed by atoms with Crippen LogP contribution in [0.15, 0.2) is 11.6 Å². The molecular weight excluding hydrogens is 232 g/mol. The zero-order valence-electron chi connectivity index (χ0n) is 10.9. The topological polar surface area (TPSA) is 78.4 Å². The molecule has 1 amide bonds. The normalized spacial score (nSPS) is 15.5. The lowest BCUT2D eigenvalue weighted by atomic mass is 10.2. The van der Waals surface area contributed by atoms with Crippen molar-refractivity contribution in [1.29, 1.82) is 0 Å². The minimum atomic E-state index is -0.858. The second-order valence-corrected chi connectivity index (χ2v) is 4.54. The van der Waals surface area contributed by atoms with Crippen LogP contribution in [0.25, 0.3) is 0 Å². The lowest BCUT2D eigenvalue weighted by Gasteiger charge is -2.04. The van der Waals surface area contributed by atoms with E-state index in [4.69, 9.17) is 5.11 Å². The molecule has 102 valence electrons. The Labute approximate surface area is 108 Å². The Morgan fingerprint density at radius 3 is 2.67 bits per heavy atom. The average molecular weight is 254 g/mol. The Kier molecular flexibility index (Phi) is 6.43. The van der Waals surface area contributed by atoms with Crippen LogP contribution in [0, 0.1) is 0 Å². The monoisotopic (exact) mass is 254 g/mol. The van der Waals surface area contributed by atoms with E-state index in [1.807, 2.05) is 6.92 Å². The number of carbonyl (C=O) groups is 2. The predicted octanol–water partition coefficient (Wildman–Crippen LogP) is 1.06. The fourth-order valence-corrected chi connectivity index (χ4v) is 1.58. The van der Waals surface area contributed by atoms with E-state index in [1.54, 1.807) is 6.08 Å². The quantitative estimate of drug-likeness (QED) is 0.424. The molecule has 18 heavy (non-hydrogen) atoms. The number of rotatable bonds is 9. The summed E-state index contributed by atoms with van der Waals surface area (Å²) in [6, 6.07) is 0.427. The van der Waals surface area contributed by atoms with Gasteiger partial charge in [0.1, 0.15) is 0 Å². The van der Waals surface area contributed by atoms with Gasteiger partial charge in [-0.15, -0.1) is 0 Å². The predicted molar refractivity (Wildman–Crippen MR) is 69.3 cm³/mol. The summed E-state index contributed by atoms with van der Waals surface area (Å²) in [5, 5.41) is 14.8. The summed E-state index contributed by atoms with van der Waals surface area (Å²) < 4.78 is 0. The summed E-state index contributed by atoms with van der Waals surface area (Å²) >= 11 is 0. The van der Waals surface area contributed by atoms with E-state index in [-0.39, 0.29) is 5.91 Å². The van der Waals surface area contributed by atoms with Crippen LogP contribution in [0.1, 0.15) is 39.0 Å². The number of hydrogen-bond donors (Lipinski definition) is 3. The minimum absolute atomic E-state index is 0.120. The summed E-state index contributed by atoms with van der Waals surface area (Å²) in [5.41, 5.74) is 0.425. The van der Waals surface area contributed by atoms with Gasteiger partial charge in [-0.2, -0.15) is 0 Å². The number of carboxylic acid groups (broad SMARTS) is 1. The summed E-state index contributed by atoms with van der Waals surface area (Å²) in [5.74, 6) is -0.738. The molecule has 1 aliphatic carbocycles. The van der Waals surface area contributed by atoms with E-state index in [9.17, 15) is 9.59 Å². The van der Waals surface area contributed by atoms with Gasteiger partial charge < -0.3 is 15.7 Å². The van der Waals surface area contributed by atoms with Gasteiger partial charge in [0.25, 0.3) is 0 Å². The first-order valence-electron chi connectivity index (χ1n) is 6.56. The Hall–Kier alpha value is -1.36. The fraction of sp³-hybridized carbons (Fsp3) is 0.692. The number of nitrogens with one attached hydrogen (secondary N) is 2. The highest BCUT2D eigenvalue weighted by atomic mass is 16.4. The van der Waals surface area contributed by atoms with Crippen molar-refractivity contribution in [3.05, 3.63) is 11.6 Å². The standard InChI is InChI=1S/C13H22N2O3/c1-2-10(13(17)18)7-9-14-8-3-4-12(16)15-11-5-6-11/h7,11,14H,2-6,8-9H2,1H3,(H,15,16)(H,17,18). The Morgan fingerprint density at radius 1 is 1.39 bits per heavy atom. The van der Waals surface area contributed by atoms with E-state index >= 15 is 0 Å². The van der Waals surface area contributed by atoms with Crippen molar-refractivity contribution in [3.63, 3.8) is 0 Å². The second-order valence-electron chi connectivity index (χ2n) is 4.54. The molecule has 5 nitrogen and oxygen atoms in total. The molecule has 0 unspecified atom stereocenters. The molecule has 0 aliphatic heterocycles. The minimum Gasteiger partial charge on any atom is -0.478 e. The Bertz CT molecular complexity index is 322. The lowest BCUT2D eigenvalue weighted by Crippen LogP contribution is -2.26. The molecule has 0 spiro atoms. The smallest absolute Gasteiger partial charge is 0.331 e. The molecule has 0 atom stereocenters. The molecule has 0 radical (unpaired) electrons. The van der Waals surface area contributed by atoms with Gasteiger partial charge in [-0.25, -0.2) is 4.79 Å². The third-order valence-corrected chi connectivity index (χ3v) is 2.85. The van der Waals surface area contributed by atoms with Crippen molar-refractivity contribution in [2.75, 3.05) is 13.1 Å². The number of carboxylic acids is 1. The van der Waals surface area contributed by atoms with Gasteiger partial charge in [-0.1, -0.05) is 13.0 Å². The highest BCUT2D eigenvalue weighted by molar-refractivity contribution is 5.86. The molecule has 3 N–H and O–H groups in total. The maximum Gasteiger partial charge on any atom is 0.331 e. The van der Waals surface area contributed by atoms with Gasteiger partial charge >= 0.3 is 5.97 Å². The van der Waals surface area contributed by atoms with Gasteiger partial charge in [0.2, 0.25) is 5.91 Å². The van der Waals surface area contributed by atoms with Gasteiger partial charge in [-0.3, -0.25) is 4.79 Å². The molecule has 1 aliphatic rings. The van der Waals surface area contributed by atoms with E-state index < -0.39 is 5.97 Å². The highest BCUT2D eigenvalue weighted by Gasteiger charge is 2.22. The van der Waals surface area contributed by atoms with Gasteiger partial charge in [0, 0.05) is 24.6 Å². The summed E-state index contributed by atoms with van der Waals surface area (Å²) in [7, 11) is 0. The zero-order chi connectivity index (χ0) is 13.4. The Morgan fingerprint density at radius 2 is 2.11 bits per heavy atom. The van der Waals surface area contributed by atoms with Gasteiger partial charge in [0.05, 0.1) is 0 Å². The van der Waals surface area contributed by atoms with Gasteiger partial charge in [-0.05, 0) is 32.2 Å². The van der Waals surface area contributed by atoms with E-state index in [0.717, 1.165) is 25.8 Å². The van der Waals surface area contributed by atoms with Crippen molar-refractivity contribution in [2.24, 2.45) is 0 Å². The van der Waals surface area contributed by atoms with Crippen molar-refractivity contribution < 1.29 is 14.7 Å². The molecule has 0 aromatic rings. The maximum absolute atomic E-state index is 11.3. The first kappa shape index (κ1) is 14.7. The second kappa shape index (κ2) is 7.87. The molecular formula is C13H22N2O3. The van der Waals surface area contributed by atoms with Crippen molar-refractivity contribution >= 4 is 11.9 Å². The van der Waals surface area contributed by atoms with Crippen LogP contribution in [0.5, 0.6) is 0 Å². The molecule has 5 heteroatoms. The number of hydrogen-bond acceptors (Lipinski definition) is 3. The molecule has 0 aromatic carbocycles. The molecule has 1 rings (SSSR count). The highest BCUT2D eigenvalue weighted by Crippen LogP contribution is 2.18. The summed E-state index contributed by atoms with van der Waals surface area (Å²) in [4.78, 5) is 22.0. The van der Waals surface area contributed by atoms with Crippen molar-refractivity contribution in [1.82, 2.24) is 10.6 Å². The lowest BCUT2D eigenvalue weighted by molar-refractivity contribution is -0.132. The van der Waals surface area contributed by atoms with E-state index in [1.165, 1.54) is 0 Å². The van der Waals surface area contributed by atoms with Crippen molar-refractivity contribution in [2.45, 2.75) is 45.1 Å². The summed E-state index contributed by atoms with van der Waals surface area (Å²) in [6.45, 7) is 3.09. The van der Waals surface area contributed by atoms with Gasteiger partial charge in [0.15, 0.2) is 0 Å². The third kappa shape index (κ3) is 6.39. The summed E-state index contributed by atoms with van der Waals surface area (Å²) in [6.07, 6.45) is 5.76. The van der Waals surface area contributed by atoms with Crippen LogP contribution in [0.4, 0.5) is 0 Å². The van der Waals surface area contributed by atoms with Crippen LogP contribution in [0.3, 0.4) is 0 Å². The van der Waals surface area contributed by atoms with Crippen LogP contribution < -0.4 is 10.6 Å². The van der Waals surface area contributed by atoms with Crippen molar-refractivity contribution in [3.8, 4) is 0 Å². The Balaban J connectivity index is 2.00. The van der Waals surface area contributed by atoms with E-state index in [2.05, 4.69) is 10.6 Å². The zero-order valence-corrected chi connectivity index (χ0v) is 10.9.